The van der Waals surface area contributed by atoms with Gasteiger partial charge in [0.1, 0.15) is 5.82 Å². The van der Waals surface area contributed by atoms with Crippen molar-refractivity contribution in [1.82, 2.24) is 0 Å². The Morgan fingerprint density at radius 1 is 1.60 bits per heavy atom. The molecular weight excluding hydrogens is 215 g/mol. The summed E-state index contributed by atoms with van der Waals surface area (Å²) in [6.07, 6.45) is 2.02. The van der Waals surface area contributed by atoms with Gasteiger partial charge in [-0.2, -0.15) is 0 Å². The Morgan fingerprint density at radius 3 is 2.80 bits per heavy atom. The van der Waals surface area contributed by atoms with Crippen LogP contribution in [0.1, 0.15) is 12.5 Å². The molecule has 0 spiro atoms. The van der Waals surface area contributed by atoms with Crippen LogP contribution in [0.3, 0.4) is 0 Å². The molecule has 0 aliphatic carbocycles. The average molecular weight is 229 g/mol. The van der Waals surface area contributed by atoms with E-state index in [1.807, 2.05) is 6.92 Å². The van der Waals surface area contributed by atoms with E-state index in [-0.39, 0.29) is 11.6 Å². The third-order valence-electron chi connectivity index (χ3n) is 2.48. The van der Waals surface area contributed by atoms with E-state index in [4.69, 9.17) is 11.6 Å². The van der Waals surface area contributed by atoms with E-state index in [0.717, 1.165) is 0 Å². The molecule has 0 aliphatic rings. The molecule has 0 saturated carbocycles. The summed E-state index contributed by atoms with van der Waals surface area (Å²) < 4.78 is 13.6. The Labute approximate surface area is 94.2 Å². The first-order valence-electron chi connectivity index (χ1n) is 4.70. The third kappa shape index (κ3) is 2.80. The zero-order valence-electron chi connectivity index (χ0n) is 8.63. The SMILES string of the molecule is C=CC(C)(CO)Cc1cccc(Cl)c1F. The number of aliphatic hydroxyl groups excluding tert-OH is 1. The number of halogens is 2. The minimum atomic E-state index is -0.508. The molecule has 1 N–H and O–H groups in total. The van der Waals surface area contributed by atoms with Crippen molar-refractivity contribution >= 4 is 11.6 Å². The highest BCUT2D eigenvalue weighted by atomic mass is 35.5. The molecule has 0 saturated heterocycles. The van der Waals surface area contributed by atoms with Gasteiger partial charge in [-0.1, -0.05) is 36.7 Å². The molecule has 1 atom stereocenters. The Balaban J connectivity index is 2.98. The van der Waals surface area contributed by atoms with Gasteiger partial charge in [-0.15, -0.1) is 6.58 Å². The Morgan fingerprint density at radius 2 is 2.27 bits per heavy atom. The molecule has 0 aliphatic heterocycles. The molecule has 82 valence electrons. The van der Waals surface area contributed by atoms with E-state index in [0.29, 0.717) is 12.0 Å². The molecule has 1 unspecified atom stereocenters. The first kappa shape index (κ1) is 12.2. The largest absolute Gasteiger partial charge is 0.395 e. The van der Waals surface area contributed by atoms with Gasteiger partial charge in [-0.05, 0) is 18.1 Å². The molecular formula is C12H14ClFO. The number of rotatable bonds is 4. The van der Waals surface area contributed by atoms with Crippen LogP contribution in [0.4, 0.5) is 4.39 Å². The summed E-state index contributed by atoms with van der Waals surface area (Å²) in [5.74, 6) is -0.416. The standard InChI is InChI=1S/C12H14ClFO/c1-3-12(2,8-15)7-9-5-4-6-10(13)11(9)14/h3-6,15H,1,7-8H2,2H3. The average Bonchev–Trinajstić information content (AvgIpc) is 2.25. The van der Waals surface area contributed by atoms with Crippen molar-refractivity contribution in [3.8, 4) is 0 Å². The molecule has 0 bridgehead atoms. The number of benzene rings is 1. The van der Waals surface area contributed by atoms with Gasteiger partial charge in [0, 0.05) is 5.41 Å². The zero-order valence-corrected chi connectivity index (χ0v) is 9.39. The van der Waals surface area contributed by atoms with E-state index < -0.39 is 11.2 Å². The highest BCUT2D eigenvalue weighted by molar-refractivity contribution is 6.30. The van der Waals surface area contributed by atoms with Crippen LogP contribution in [0.15, 0.2) is 30.9 Å². The van der Waals surface area contributed by atoms with E-state index in [2.05, 4.69) is 6.58 Å². The van der Waals surface area contributed by atoms with Crippen molar-refractivity contribution in [3.63, 3.8) is 0 Å². The molecule has 3 heteroatoms. The van der Waals surface area contributed by atoms with E-state index in [9.17, 15) is 9.50 Å². The first-order chi connectivity index (χ1) is 7.02. The summed E-state index contributed by atoms with van der Waals surface area (Å²) >= 11 is 5.67. The Bertz CT molecular complexity index is 365. The second kappa shape index (κ2) is 4.77. The van der Waals surface area contributed by atoms with Crippen molar-refractivity contribution in [2.45, 2.75) is 13.3 Å². The molecule has 1 aromatic carbocycles. The van der Waals surface area contributed by atoms with Gasteiger partial charge in [0.05, 0.1) is 11.6 Å². The zero-order chi connectivity index (χ0) is 11.5. The Kier molecular flexibility index (Phi) is 3.89. The fraction of sp³-hybridized carbons (Fsp3) is 0.333. The van der Waals surface area contributed by atoms with Gasteiger partial charge in [0.25, 0.3) is 0 Å². The van der Waals surface area contributed by atoms with Gasteiger partial charge in [0.15, 0.2) is 0 Å². The monoisotopic (exact) mass is 228 g/mol. The summed E-state index contributed by atoms with van der Waals surface area (Å²) in [5.41, 5.74) is -0.00938. The van der Waals surface area contributed by atoms with Crippen LogP contribution in [0, 0.1) is 11.2 Å². The maximum atomic E-state index is 13.6. The topological polar surface area (TPSA) is 20.2 Å². The maximum Gasteiger partial charge on any atom is 0.145 e. The lowest BCUT2D eigenvalue weighted by atomic mass is 9.84. The molecule has 0 fully saturated rings. The molecule has 15 heavy (non-hydrogen) atoms. The first-order valence-corrected chi connectivity index (χ1v) is 5.07. The predicted molar refractivity (Wildman–Crippen MR) is 60.5 cm³/mol. The highest BCUT2D eigenvalue weighted by Crippen LogP contribution is 2.27. The highest BCUT2D eigenvalue weighted by Gasteiger charge is 2.21. The van der Waals surface area contributed by atoms with Crippen molar-refractivity contribution in [2.75, 3.05) is 6.61 Å². The Hall–Kier alpha value is -0.860. The van der Waals surface area contributed by atoms with Crippen molar-refractivity contribution in [3.05, 3.63) is 47.3 Å². The third-order valence-corrected chi connectivity index (χ3v) is 2.77. The van der Waals surface area contributed by atoms with Crippen LogP contribution in [0.5, 0.6) is 0 Å². The molecule has 0 amide bonds. The fourth-order valence-corrected chi connectivity index (χ4v) is 1.51. The number of aliphatic hydroxyl groups is 1. The second-order valence-corrected chi connectivity index (χ2v) is 4.31. The lowest BCUT2D eigenvalue weighted by Crippen LogP contribution is -2.21. The molecule has 1 rings (SSSR count). The quantitative estimate of drug-likeness (QED) is 0.785. The summed E-state index contributed by atoms with van der Waals surface area (Å²) in [6, 6.07) is 4.87. The summed E-state index contributed by atoms with van der Waals surface area (Å²) in [4.78, 5) is 0. The van der Waals surface area contributed by atoms with Gasteiger partial charge in [-0.3, -0.25) is 0 Å². The lowest BCUT2D eigenvalue weighted by Gasteiger charge is -2.23. The molecule has 0 radical (unpaired) electrons. The van der Waals surface area contributed by atoms with Crippen LogP contribution < -0.4 is 0 Å². The van der Waals surface area contributed by atoms with Crippen molar-refractivity contribution in [2.24, 2.45) is 5.41 Å². The number of hydrogen-bond donors (Lipinski definition) is 1. The van der Waals surface area contributed by atoms with Crippen molar-refractivity contribution < 1.29 is 9.50 Å². The molecule has 1 nitrogen and oxygen atoms in total. The fourth-order valence-electron chi connectivity index (χ4n) is 1.31. The van der Waals surface area contributed by atoms with E-state index in [1.165, 1.54) is 6.07 Å². The van der Waals surface area contributed by atoms with Gasteiger partial charge >= 0.3 is 0 Å². The van der Waals surface area contributed by atoms with Crippen LogP contribution in [-0.2, 0) is 6.42 Å². The second-order valence-electron chi connectivity index (χ2n) is 3.91. The van der Waals surface area contributed by atoms with Gasteiger partial charge < -0.3 is 5.11 Å². The van der Waals surface area contributed by atoms with Crippen LogP contribution in [-0.4, -0.2) is 11.7 Å². The van der Waals surface area contributed by atoms with Crippen LogP contribution in [0.25, 0.3) is 0 Å². The molecule has 1 aromatic rings. The van der Waals surface area contributed by atoms with Crippen LogP contribution in [0.2, 0.25) is 5.02 Å². The maximum absolute atomic E-state index is 13.6. The van der Waals surface area contributed by atoms with Crippen LogP contribution >= 0.6 is 11.6 Å². The van der Waals surface area contributed by atoms with E-state index in [1.54, 1.807) is 18.2 Å². The van der Waals surface area contributed by atoms with Gasteiger partial charge in [0.2, 0.25) is 0 Å². The molecule has 0 heterocycles. The summed E-state index contributed by atoms with van der Waals surface area (Å²) in [7, 11) is 0. The smallest absolute Gasteiger partial charge is 0.145 e. The molecule has 0 aromatic heterocycles. The van der Waals surface area contributed by atoms with Gasteiger partial charge in [-0.25, -0.2) is 4.39 Å². The summed E-state index contributed by atoms with van der Waals surface area (Å²) in [6.45, 7) is 5.39. The number of hydrogen-bond acceptors (Lipinski definition) is 1. The minimum absolute atomic E-state index is 0.0670. The summed E-state index contributed by atoms with van der Waals surface area (Å²) in [5, 5.41) is 9.29. The normalized spacial score (nSPS) is 14.7. The van der Waals surface area contributed by atoms with E-state index >= 15 is 0 Å². The minimum Gasteiger partial charge on any atom is -0.395 e. The lowest BCUT2D eigenvalue weighted by molar-refractivity contribution is 0.183. The van der Waals surface area contributed by atoms with Crippen molar-refractivity contribution in [1.29, 1.82) is 0 Å². The predicted octanol–water partition coefficient (Wildman–Crippen LogP) is 3.21.